The van der Waals surface area contributed by atoms with Crippen LogP contribution >= 0.6 is 0 Å². The van der Waals surface area contributed by atoms with Crippen LogP contribution in [0, 0.1) is 23.2 Å². The van der Waals surface area contributed by atoms with Crippen molar-refractivity contribution in [2.45, 2.75) is 53.4 Å². The van der Waals surface area contributed by atoms with Gasteiger partial charge in [0, 0.05) is 19.0 Å². The van der Waals surface area contributed by atoms with Gasteiger partial charge in [-0.15, -0.1) is 0 Å². The van der Waals surface area contributed by atoms with Crippen LogP contribution in [0.1, 0.15) is 53.4 Å². The predicted molar refractivity (Wildman–Crippen MR) is 70.6 cm³/mol. The van der Waals surface area contributed by atoms with Gasteiger partial charge < -0.3 is 4.90 Å². The van der Waals surface area contributed by atoms with Gasteiger partial charge in [-0.05, 0) is 30.1 Å². The summed E-state index contributed by atoms with van der Waals surface area (Å²) >= 11 is 0. The van der Waals surface area contributed by atoms with E-state index in [0.29, 0.717) is 29.1 Å². The van der Waals surface area contributed by atoms with Crippen molar-refractivity contribution in [3.8, 4) is 0 Å². The highest BCUT2D eigenvalue weighted by Crippen LogP contribution is 2.39. The second kappa shape index (κ2) is 4.62. The zero-order valence-electron chi connectivity index (χ0n) is 11.8. The topological polar surface area (TPSA) is 20.3 Å². The number of carbonyl (C=O) groups excluding carboxylic acids is 1. The first-order valence-electron chi connectivity index (χ1n) is 7.18. The molecule has 1 amide bonds. The molecular weight excluding hydrogens is 210 g/mol. The molecule has 2 aliphatic rings. The fourth-order valence-electron chi connectivity index (χ4n) is 3.71. The van der Waals surface area contributed by atoms with E-state index in [1.165, 1.54) is 12.8 Å². The SMILES string of the molecule is C[C@H]1CN(C(=O)C2CCCC2)C[C@H]1C(C)(C)C. The summed E-state index contributed by atoms with van der Waals surface area (Å²) in [6, 6.07) is 0. The summed E-state index contributed by atoms with van der Waals surface area (Å²) in [6.07, 6.45) is 4.76. The molecule has 0 aromatic rings. The van der Waals surface area contributed by atoms with Crippen molar-refractivity contribution in [2.75, 3.05) is 13.1 Å². The average molecular weight is 237 g/mol. The molecule has 0 radical (unpaired) electrons. The van der Waals surface area contributed by atoms with E-state index in [0.717, 1.165) is 25.9 Å². The van der Waals surface area contributed by atoms with Crippen LogP contribution in [-0.2, 0) is 4.79 Å². The van der Waals surface area contributed by atoms with Gasteiger partial charge in [-0.25, -0.2) is 0 Å². The molecule has 0 unspecified atom stereocenters. The minimum Gasteiger partial charge on any atom is -0.342 e. The van der Waals surface area contributed by atoms with Crippen LogP contribution in [-0.4, -0.2) is 23.9 Å². The summed E-state index contributed by atoms with van der Waals surface area (Å²) in [6.45, 7) is 11.2. The maximum atomic E-state index is 12.4. The molecule has 17 heavy (non-hydrogen) atoms. The quantitative estimate of drug-likeness (QED) is 0.685. The summed E-state index contributed by atoms with van der Waals surface area (Å²) in [5.74, 6) is 2.11. The lowest BCUT2D eigenvalue weighted by molar-refractivity contribution is -0.134. The van der Waals surface area contributed by atoms with Gasteiger partial charge >= 0.3 is 0 Å². The molecule has 1 aliphatic carbocycles. The van der Waals surface area contributed by atoms with Crippen LogP contribution in [0.5, 0.6) is 0 Å². The van der Waals surface area contributed by atoms with Gasteiger partial charge in [0.2, 0.25) is 5.91 Å². The van der Waals surface area contributed by atoms with Gasteiger partial charge in [-0.1, -0.05) is 40.5 Å². The van der Waals surface area contributed by atoms with Gasteiger partial charge in [-0.3, -0.25) is 4.79 Å². The lowest BCUT2D eigenvalue weighted by Crippen LogP contribution is -2.34. The first-order valence-corrected chi connectivity index (χ1v) is 7.18. The van der Waals surface area contributed by atoms with Crippen LogP contribution in [0.2, 0.25) is 0 Å². The van der Waals surface area contributed by atoms with Crippen molar-refractivity contribution in [3.05, 3.63) is 0 Å². The molecule has 2 nitrogen and oxygen atoms in total. The lowest BCUT2D eigenvalue weighted by atomic mass is 9.76. The minimum atomic E-state index is 0.324. The Balaban J connectivity index is 1.98. The Labute approximate surface area is 106 Å². The van der Waals surface area contributed by atoms with E-state index in [-0.39, 0.29) is 0 Å². The van der Waals surface area contributed by atoms with Gasteiger partial charge in [0.15, 0.2) is 0 Å². The summed E-state index contributed by atoms with van der Waals surface area (Å²) in [4.78, 5) is 14.5. The Morgan fingerprint density at radius 1 is 1.12 bits per heavy atom. The van der Waals surface area contributed by atoms with E-state index >= 15 is 0 Å². The van der Waals surface area contributed by atoms with Crippen molar-refractivity contribution in [1.82, 2.24) is 4.90 Å². The number of hydrogen-bond acceptors (Lipinski definition) is 1. The largest absolute Gasteiger partial charge is 0.342 e. The van der Waals surface area contributed by atoms with Crippen molar-refractivity contribution in [2.24, 2.45) is 23.2 Å². The van der Waals surface area contributed by atoms with E-state index < -0.39 is 0 Å². The molecule has 0 aromatic heterocycles. The summed E-state index contributed by atoms with van der Waals surface area (Å²) in [5, 5.41) is 0. The van der Waals surface area contributed by atoms with E-state index in [2.05, 4.69) is 32.6 Å². The van der Waals surface area contributed by atoms with Crippen LogP contribution in [0.25, 0.3) is 0 Å². The zero-order chi connectivity index (χ0) is 12.6. The molecule has 98 valence electrons. The van der Waals surface area contributed by atoms with Gasteiger partial charge in [0.25, 0.3) is 0 Å². The molecule has 2 fully saturated rings. The molecule has 0 bridgehead atoms. The minimum absolute atomic E-state index is 0.324. The van der Waals surface area contributed by atoms with Crippen molar-refractivity contribution >= 4 is 5.91 Å². The molecule has 2 atom stereocenters. The van der Waals surface area contributed by atoms with Crippen molar-refractivity contribution in [3.63, 3.8) is 0 Å². The number of nitrogens with zero attached hydrogens (tertiary/aromatic N) is 1. The predicted octanol–water partition coefficient (Wildman–Crippen LogP) is 3.32. The normalized spacial score (nSPS) is 31.2. The van der Waals surface area contributed by atoms with Crippen LogP contribution in [0.15, 0.2) is 0 Å². The average Bonchev–Trinajstić information content (AvgIpc) is 2.83. The Morgan fingerprint density at radius 3 is 2.18 bits per heavy atom. The molecule has 0 aromatic carbocycles. The van der Waals surface area contributed by atoms with E-state index in [9.17, 15) is 4.79 Å². The van der Waals surface area contributed by atoms with Crippen molar-refractivity contribution in [1.29, 1.82) is 0 Å². The van der Waals surface area contributed by atoms with Crippen LogP contribution in [0.4, 0.5) is 0 Å². The van der Waals surface area contributed by atoms with E-state index in [4.69, 9.17) is 0 Å². The van der Waals surface area contributed by atoms with Gasteiger partial charge in [0.1, 0.15) is 0 Å². The molecule has 2 rings (SSSR count). The standard InChI is InChI=1S/C15H27NO/c1-11-9-16(10-13(11)15(2,3)4)14(17)12-7-5-6-8-12/h11-13H,5-10H2,1-4H3/t11-,13+/m0/s1. The number of likely N-dealkylation sites (tertiary alicyclic amines) is 1. The Hall–Kier alpha value is -0.530. The number of rotatable bonds is 1. The lowest BCUT2D eigenvalue weighted by Gasteiger charge is -2.30. The molecular formula is C15H27NO. The number of amides is 1. The number of hydrogen-bond donors (Lipinski definition) is 0. The van der Waals surface area contributed by atoms with Gasteiger partial charge in [0.05, 0.1) is 0 Å². The second-order valence-electron chi connectivity index (χ2n) is 7.17. The maximum absolute atomic E-state index is 12.4. The molecule has 1 aliphatic heterocycles. The van der Waals surface area contributed by atoms with Crippen LogP contribution in [0.3, 0.4) is 0 Å². The van der Waals surface area contributed by atoms with E-state index in [1.807, 2.05) is 0 Å². The molecule has 0 spiro atoms. The van der Waals surface area contributed by atoms with Gasteiger partial charge in [-0.2, -0.15) is 0 Å². The smallest absolute Gasteiger partial charge is 0.225 e. The van der Waals surface area contributed by atoms with Crippen molar-refractivity contribution < 1.29 is 4.79 Å². The molecule has 1 heterocycles. The third kappa shape index (κ3) is 2.66. The summed E-state index contributed by atoms with van der Waals surface area (Å²) in [7, 11) is 0. The highest BCUT2D eigenvalue weighted by atomic mass is 16.2. The first-order chi connectivity index (χ1) is 7.89. The summed E-state index contributed by atoms with van der Waals surface area (Å²) < 4.78 is 0. The zero-order valence-corrected chi connectivity index (χ0v) is 11.8. The first kappa shape index (κ1) is 12.9. The monoisotopic (exact) mass is 237 g/mol. The fourth-order valence-corrected chi connectivity index (χ4v) is 3.71. The third-order valence-electron chi connectivity index (χ3n) is 4.74. The molecule has 1 saturated carbocycles. The Kier molecular flexibility index (Phi) is 3.51. The molecule has 0 N–H and O–H groups in total. The highest BCUT2D eigenvalue weighted by Gasteiger charge is 2.40. The third-order valence-corrected chi connectivity index (χ3v) is 4.74. The maximum Gasteiger partial charge on any atom is 0.225 e. The Bertz CT molecular complexity index is 286. The second-order valence-corrected chi connectivity index (χ2v) is 7.17. The van der Waals surface area contributed by atoms with E-state index in [1.54, 1.807) is 0 Å². The fraction of sp³-hybridized carbons (Fsp3) is 0.933. The molecule has 1 saturated heterocycles. The highest BCUT2D eigenvalue weighted by molar-refractivity contribution is 5.79. The van der Waals surface area contributed by atoms with Crippen LogP contribution < -0.4 is 0 Å². The molecule has 2 heteroatoms. The Morgan fingerprint density at radius 2 is 1.71 bits per heavy atom. The number of carbonyl (C=O) groups is 1. The summed E-state index contributed by atoms with van der Waals surface area (Å²) in [5.41, 5.74) is 0.324.